The Morgan fingerprint density at radius 2 is 1.93 bits per heavy atom. The van der Waals surface area contributed by atoms with Gasteiger partial charge in [-0.2, -0.15) is 0 Å². The first-order valence-electron chi connectivity index (χ1n) is 4.63. The molecule has 4 nitrogen and oxygen atoms in total. The molecule has 1 aromatic rings. The summed E-state index contributed by atoms with van der Waals surface area (Å²) in [6.07, 6.45) is 1.57. The molecule has 1 unspecified atom stereocenters. The fourth-order valence-electron chi connectivity index (χ4n) is 1.34. The van der Waals surface area contributed by atoms with Gasteiger partial charge in [0, 0.05) is 6.04 Å². The predicted octanol–water partition coefficient (Wildman–Crippen LogP) is 0.139. The third-order valence-electron chi connectivity index (χ3n) is 1.93. The second kappa shape index (κ2) is 5.25. The van der Waals surface area contributed by atoms with E-state index in [4.69, 9.17) is 5.11 Å². The third kappa shape index (κ3) is 4.92. The van der Waals surface area contributed by atoms with Crippen LogP contribution >= 0.6 is 0 Å². The van der Waals surface area contributed by atoms with Crippen molar-refractivity contribution in [3.8, 4) is 0 Å². The van der Waals surface area contributed by atoms with Gasteiger partial charge in [0.25, 0.3) is 0 Å². The molecule has 0 fully saturated rings. The molecule has 0 spiro atoms. The highest BCUT2D eigenvalue weighted by Gasteiger charge is 2.12. The topological polar surface area (TPSA) is 66.4 Å². The van der Waals surface area contributed by atoms with Crippen molar-refractivity contribution in [2.45, 2.75) is 12.5 Å². The van der Waals surface area contributed by atoms with Crippen molar-refractivity contribution in [3.63, 3.8) is 0 Å². The molecule has 0 aromatic heterocycles. The first kappa shape index (κ1) is 12.2. The first-order valence-corrected chi connectivity index (χ1v) is 6.52. The lowest BCUT2D eigenvalue weighted by Crippen LogP contribution is -2.38. The van der Waals surface area contributed by atoms with Crippen LogP contribution in [0.3, 0.4) is 0 Å². The molecule has 1 aromatic carbocycles. The summed E-state index contributed by atoms with van der Waals surface area (Å²) in [4.78, 5) is 0. The predicted molar refractivity (Wildman–Crippen MR) is 59.0 cm³/mol. The molecule has 5 heteroatoms. The van der Waals surface area contributed by atoms with Crippen LogP contribution in [0.25, 0.3) is 0 Å². The Labute approximate surface area is 90.0 Å². The van der Waals surface area contributed by atoms with Crippen LogP contribution in [0, 0.1) is 0 Å². The van der Waals surface area contributed by atoms with Crippen LogP contribution in [0.5, 0.6) is 0 Å². The van der Waals surface area contributed by atoms with Gasteiger partial charge in [-0.15, -0.1) is 0 Å². The Morgan fingerprint density at radius 1 is 1.33 bits per heavy atom. The van der Waals surface area contributed by atoms with E-state index >= 15 is 0 Å². The van der Waals surface area contributed by atoms with Crippen molar-refractivity contribution in [1.82, 2.24) is 4.72 Å². The van der Waals surface area contributed by atoms with Crippen molar-refractivity contribution in [3.05, 3.63) is 35.9 Å². The number of benzene rings is 1. The minimum Gasteiger partial charge on any atom is -0.395 e. The Hall–Kier alpha value is -0.910. The molecule has 0 amide bonds. The maximum absolute atomic E-state index is 11.0. The normalized spacial score (nSPS) is 13.7. The Balaban J connectivity index is 2.63. The van der Waals surface area contributed by atoms with Gasteiger partial charge in [-0.25, -0.2) is 13.1 Å². The molecule has 0 saturated heterocycles. The molecule has 0 radical (unpaired) electrons. The smallest absolute Gasteiger partial charge is 0.209 e. The lowest BCUT2D eigenvalue weighted by molar-refractivity contribution is 0.256. The summed E-state index contributed by atoms with van der Waals surface area (Å²) < 4.78 is 24.3. The highest BCUT2D eigenvalue weighted by Crippen LogP contribution is 2.03. The number of sulfonamides is 1. The highest BCUT2D eigenvalue weighted by atomic mass is 32.2. The van der Waals surface area contributed by atoms with Gasteiger partial charge >= 0.3 is 0 Å². The van der Waals surface area contributed by atoms with E-state index in [0.717, 1.165) is 11.8 Å². The van der Waals surface area contributed by atoms with Crippen LogP contribution in [0.1, 0.15) is 5.56 Å². The minimum atomic E-state index is -3.27. The van der Waals surface area contributed by atoms with Gasteiger partial charge in [0.1, 0.15) is 0 Å². The Morgan fingerprint density at radius 3 is 2.40 bits per heavy atom. The van der Waals surface area contributed by atoms with Crippen LogP contribution in [0.15, 0.2) is 30.3 Å². The van der Waals surface area contributed by atoms with Crippen LogP contribution in [-0.4, -0.2) is 32.4 Å². The zero-order valence-electron chi connectivity index (χ0n) is 8.55. The first-order chi connectivity index (χ1) is 7.01. The molecule has 0 bridgehead atoms. The summed E-state index contributed by atoms with van der Waals surface area (Å²) in [6.45, 7) is -0.206. The van der Waals surface area contributed by atoms with E-state index in [9.17, 15) is 8.42 Å². The second-order valence-corrected chi connectivity index (χ2v) is 5.24. The van der Waals surface area contributed by atoms with Crippen molar-refractivity contribution >= 4 is 10.0 Å². The lowest BCUT2D eigenvalue weighted by atomic mass is 10.1. The van der Waals surface area contributed by atoms with Gasteiger partial charge in [0.15, 0.2) is 0 Å². The van der Waals surface area contributed by atoms with E-state index < -0.39 is 16.1 Å². The average molecular weight is 229 g/mol. The number of nitrogens with one attached hydrogen (secondary N) is 1. The van der Waals surface area contributed by atoms with Gasteiger partial charge in [-0.1, -0.05) is 30.3 Å². The molecule has 15 heavy (non-hydrogen) atoms. The SMILES string of the molecule is CS(=O)(=O)NC(CO)Cc1ccccc1. The van der Waals surface area contributed by atoms with Crippen LogP contribution in [0.2, 0.25) is 0 Å². The molecule has 0 aliphatic rings. The fraction of sp³-hybridized carbons (Fsp3) is 0.400. The molecule has 1 atom stereocenters. The number of hydrogen-bond acceptors (Lipinski definition) is 3. The van der Waals surface area contributed by atoms with Crippen molar-refractivity contribution < 1.29 is 13.5 Å². The molecule has 0 aliphatic heterocycles. The van der Waals surface area contributed by atoms with E-state index in [1.807, 2.05) is 30.3 Å². The van der Waals surface area contributed by atoms with Gasteiger partial charge < -0.3 is 5.11 Å². The van der Waals surface area contributed by atoms with Gasteiger partial charge in [0.2, 0.25) is 10.0 Å². The van der Waals surface area contributed by atoms with E-state index in [1.54, 1.807) is 0 Å². The monoisotopic (exact) mass is 229 g/mol. The number of rotatable bonds is 5. The summed E-state index contributed by atoms with van der Waals surface area (Å²) in [5.41, 5.74) is 0.993. The summed E-state index contributed by atoms with van der Waals surface area (Å²) in [6, 6.07) is 8.98. The second-order valence-electron chi connectivity index (χ2n) is 3.46. The zero-order valence-corrected chi connectivity index (χ0v) is 9.37. The average Bonchev–Trinajstić information content (AvgIpc) is 2.16. The molecule has 84 valence electrons. The van der Waals surface area contributed by atoms with E-state index in [1.165, 1.54) is 0 Å². The Bertz CT molecular complexity index is 388. The number of aliphatic hydroxyl groups is 1. The van der Waals surface area contributed by atoms with E-state index in [-0.39, 0.29) is 6.61 Å². The van der Waals surface area contributed by atoms with Crippen molar-refractivity contribution in [2.75, 3.05) is 12.9 Å². The maximum Gasteiger partial charge on any atom is 0.209 e. The number of hydrogen-bond donors (Lipinski definition) is 2. The molecule has 1 rings (SSSR count). The largest absolute Gasteiger partial charge is 0.395 e. The Kier molecular flexibility index (Phi) is 4.26. The highest BCUT2D eigenvalue weighted by molar-refractivity contribution is 7.88. The molecule has 0 heterocycles. The summed E-state index contributed by atoms with van der Waals surface area (Å²) in [5, 5.41) is 9.02. The third-order valence-corrected chi connectivity index (χ3v) is 2.69. The lowest BCUT2D eigenvalue weighted by Gasteiger charge is -2.14. The van der Waals surface area contributed by atoms with Gasteiger partial charge in [-0.3, -0.25) is 0 Å². The molecule has 0 aliphatic carbocycles. The van der Waals surface area contributed by atoms with Gasteiger partial charge in [0.05, 0.1) is 12.9 Å². The molecule has 0 saturated carbocycles. The fourth-order valence-corrected chi connectivity index (χ4v) is 2.11. The summed E-state index contributed by atoms with van der Waals surface area (Å²) in [7, 11) is -3.27. The maximum atomic E-state index is 11.0. The quantitative estimate of drug-likeness (QED) is 0.754. The molecular formula is C10H15NO3S. The van der Waals surface area contributed by atoms with E-state index in [2.05, 4.69) is 4.72 Å². The number of aliphatic hydroxyl groups excluding tert-OH is 1. The van der Waals surface area contributed by atoms with Crippen LogP contribution in [0.4, 0.5) is 0 Å². The minimum absolute atomic E-state index is 0.206. The van der Waals surface area contributed by atoms with Crippen LogP contribution in [-0.2, 0) is 16.4 Å². The van der Waals surface area contributed by atoms with Crippen molar-refractivity contribution in [2.24, 2.45) is 0 Å². The van der Waals surface area contributed by atoms with Crippen molar-refractivity contribution in [1.29, 1.82) is 0 Å². The van der Waals surface area contributed by atoms with Gasteiger partial charge in [-0.05, 0) is 12.0 Å². The summed E-state index contributed by atoms with van der Waals surface area (Å²) in [5.74, 6) is 0. The molecular weight excluding hydrogens is 214 g/mol. The van der Waals surface area contributed by atoms with E-state index in [0.29, 0.717) is 6.42 Å². The molecule has 2 N–H and O–H groups in total. The summed E-state index contributed by atoms with van der Waals surface area (Å²) >= 11 is 0. The van der Waals surface area contributed by atoms with Crippen LogP contribution < -0.4 is 4.72 Å². The standard InChI is InChI=1S/C10H15NO3S/c1-15(13,14)11-10(8-12)7-9-5-3-2-4-6-9/h2-6,10-12H,7-8H2,1H3. The zero-order chi connectivity index (χ0) is 11.3.